The van der Waals surface area contributed by atoms with Crippen LogP contribution in [0, 0.1) is 0 Å². The Kier molecular flexibility index (Phi) is 2.98. The van der Waals surface area contributed by atoms with Crippen molar-refractivity contribution in [2.75, 3.05) is 13.1 Å². The van der Waals surface area contributed by atoms with Crippen LogP contribution < -0.4 is 0 Å². The second-order valence-electron chi connectivity index (χ2n) is 4.36. The number of nitrogens with zero attached hydrogens (tertiary/aromatic N) is 1. The highest BCUT2D eigenvalue weighted by Crippen LogP contribution is 2.23. The van der Waals surface area contributed by atoms with Gasteiger partial charge in [0, 0.05) is 16.9 Å². The van der Waals surface area contributed by atoms with Crippen molar-refractivity contribution in [1.82, 2.24) is 4.90 Å². The van der Waals surface area contributed by atoms with Crippen LogP contribution in [0.4, 0.5) is 0 Å². The van der Waals surface area contributed by atoms with E-state index in [0.29, 0.717) is 5.54 Å². The van der Waals surface area contributed by atoms with E-state index in [9.17, 15) is 0 Å². The number of hydrogen-bond acceptors (Lipinski definition) is 1. The maximum absolute atomic E-state index is 3.68. The van der Waals surface area contributed by atoms with E-state index in [1.165, 1.54) is 25.9 Å². The van der Waals surface area contributed by atoms with Crippen molar-refractivity contribution in [3.8, 4) is 0 Å². The van der Waals surface area contributed by atoms with E-state index >= 15 is 0 Å². The standard InChI is InChI=1S/C9H18BrN/c1-9(2,3)11-6-4-5-8(10)7-11/h8H,4-7H2,1-3H3. The van der Waals surface area contributed by atoms with Gasteiger partial charge in [-0.1, -0.05) is 15.9 Å². The highest BCUT2D eigenvalue weighted by atomic mass is 79.9. The summed E-state index contributed by atoms with van der Waals surface area (Å²) in [5.74, 6) is 0. The quantitative estimate of drug-likeness (QED) is 0.567. The molecule has 1 aliphatic heterocycles. The first-order valence-electron chi connectivity index (χ1n) is 4.39. The van der Waals surface area contributed by atoms with Gasteiger partial charge in [0.2, 0.25) is 0 Å². The topological polar surface area (TPSA) is 3.24 Å². The molecule has 1 aliphatic rings. The molecule has 0 radical (unpaired) electrons. The highest BCUT2D eigenvalue weighted by Gasteiger charge is 2.26. The molecule has 2 heteroatoms. The summed E-state index contributed by atoms with van der Waals surface area (Å²) in [6, 6.07) is 0. The number of hydrogen-bond donors (Lipinski definition) is 0. The molecule has 0 N–H and O–H groups in total. The molecule has 1 fully saturated rings. The van der Waals surface area contributed by atoms with Gasteiger partial charge in [-0.2, -0.15) is 0 Å². The van der Waals surface area contributed by atoms with Gasteiger partial charge < -0.3 is 0 Å². The van der Waals surface area contributed by atoms with Crippen molar-refractivity contribution in [1.29, 1.82) is 0 Å². The molecule has 1 heterocycles. The Hall–Kier alpha value is 0.440. The van der Waals surface area contributed by atoms with E-state index in [4.69, 9.17) is 0 Å². The molecule has 1 rings (SSSR count). The molecule has 1 unspecified atom stereocenters. The third-order valence-electron chi connectivity index (χ3n) is 2.31. The molecule has 66 valence electrons. The van der Waals surface area contributed by atoms with Gasteiger partial charge in [0.15, 0.2) is 0 Å². The molecule has 0 aromatic rings. The lowest BCUT2D eigenvalue weighted by molar-refractivity contribution is 0.115. The average molecular weight is 220 g/mol. The van der Waals surface area contributed by atoms with Crippen molar-refractivity contribution in [2.24, 2.45) is 0 Å². The maximum atomic E-state index is 3.68. The summed E-state index contributed by atoms with van der Waals surface area (Å²) in [5.41, 5.74) is 0.354. The number of rotatable bonds is 0. The van der Waals surface area contributed by atoms with E-state index in [0.717, 1.165) is 4.83 Å². The van der Waals surface area contributed by atoms with Gasteiger partial charge in [0.25, 0.3) is 0 Å². The maximum Gasteiger partial charge on any atom is 0.0273 e. The van der Waals surface area contributed by atoms with Crippen LogP contribution in [0.25, 0.3) is 0 Å². The van der Waals surface area contributed by atoms with Gasteiger partial charge in [0.05, 0.1) is 0 Å². The van der Waals surface area contributed by atoms with E-state index in [1.54, 1.807) is 0 Å². The third-order valence-corrected chi connectivity index (χ3v) is 3.06. The minimum absolute atomic E-state index is 0.354. The fourth-order valence-corrected chi connectivity index (χ4v) is 2.21. The van der Waals surface area contributed by atoms with Crippen LogP contribution in [0.3, 0.4) is 0 Å². The predicted octanol–water partition coefficient (Wildman–Crippen LogP) is 2.64. The number of halogens is 1. The van der Waals surface area contributed by atoms with Gasteiger partial charge in [-0.3, -0.25) is 4.90 Å². The molecule has 0 spiro atoms. The first-order valence-corrected chi connectivity index (χ1v) is 5.31. The normalized spacial score (nSPS) is 28.9. The van der Waals surface area contributed by atoms with Crippen LogP contribution in [0.15, 0.2) is 0 Å². The van der Waals surface area contributed by atoms with E-state index in [2.05, 4.69) is 41.6 Å². The molecule has 0 aromatic heterocycles. The SMILES string of the molecule is CC(C)(C)N1CCCC(Br)C1. The van der Waals surface area contributed by atoms with Gasteiger partial charge in [-0.05, 0) is 40.2 Å². The van der Waals surface area contributed by atoms with Gasteiger partial charge in [-0.15, -0.1) is 0 Å². The molecule has 0 aromatic carbocycles. The highest BCUT2D eigenvalue weighted by molar-refractivity contribution is 9.09. The van der Waals surface area contributed by atoms with Crippen molar-refractivity contribution < 1.29 is 0 Å². The van der Waals surface area contributed by atoms with Crippen LogP contribution >= 0.6 is 15.9 Å². The monoisotopic (exact) mass is 219 g/mol. The number of alkyl halides is 1. The fraction of sp³-hybridized carbons (Fsp3) is 1.00. The summed E-state index contributed by atoms with van der Waals surface area (Å²) in [6.45, 7) is 9.35. The Labute approximate surface area is 78.3 Å². The second-order valence-corrected chi connectivity index (χ2v) is 5.65. The molecule has 0 amide bonds. The van der Waals surface area contributed by atoms with Crippen molar-refractivity contribution >= 4 is 15.9 Å². The first kappa shape index (κ1) is 9.53. The molecular weight excluding hydrogens is 202 g/mol. The molecular formula is C9H18BrN. The van der Waals surface area contributed by atoms with Gasteiger partial charge >= 0.3 is 0 Å². The smallest absolute Gasteiger partial charge is 0.0273 e. The summed E-state index contributed by atoms with van der Waals surface area (Å²) >= 11 is 3.68. The van der Waals surface area contributed by atoms with Crippen LogP contribution in [-0.2, 0) is 0 Å². The number of piperidine rings is 1. The predicted molar refractivity (Wildman–Crippen MR) is 53.3 cm³/mol. The summed E-state index contributed by atoms with van der Waals surface area (Å²) in [7, 11) is 0. The van der Waals surface area contributed by atoms with Crippen LogP contribution in [0.1, 0.15) is 33.6 Å². The zero-order valence-corrected chi connectivity index (χ0v) is 9.32. The number of likely N-dealkylation sites (tertiary alicyclic amines) is 1. The Bertz CT molecular complexity index is 128. The zero-order chi connectivity index (χ0) is 8.48. The summed E-state index contributed by atoms with van der Waals surface area (Å²) in [6.07, 6.45) is 2.68. The Morgan fingerprint density at radius 2 is 2.00 bits per heavy atom. The van der Waals surface area contributed by atoms with Crippen LogP contribution in [-0.4, -0.2) is 28.4 Å². The van der Waals surface area contributed by atoms with Crippen LogP contribution in [0.5, 0.6) is 0 Å². The van der Waals surface area contributed by atoms with E-state index in [-0.39, 0.29) is 0 Å². The Balaban J connectivity index is 2.46. The molecule has 1 nitrogen and oxygen atoms in total. The van der Waals surface area contributed by atoms with Crippen LogP contribution in [0.2, 0.25) is 0 Å². The molecule has 1 atom stereocenters. The Morgan fingerprint density at radius 3 is 2.36 bits per heavy atom. The van der Waals surface area contributed by atoms with E-state index in [1.807, 2.05) is 0 Å². The van der Waals surface area contributed by atoms with Crippen molar-refractivity contribution in [3.05, 3.63) is 0 Å². The molecule has 11 heavy (non-hydrogen) atoms. The lowest BCUT2D eigenvalue weighted by Gasteiger charge is -2.40. The third kappa shape index (κ3) is 2.75. The fourth-order valence-electron chi connectivity index (χ4n) is 1.53. The van der Waals surface area contributed by atoms with Gasteiger partial charge in [-0.25, -0.2) is 0 Å². The molecule has 0 bridgehead atoms. The summed E-state index contributed by atoms with van der Waals surface area (Å²) in [4.78, 5) is 3.27. The largest absolute Gasteiger partial charge is 0.297 e. The minimum Gasteiger partial charge on any atom is -0.297 e. The average Bonchev–Trinajstić information content (AvgIpc) is 1.86. The van der Waals surface area contributed by atoms with Crippen molar-refractivity contribution in [3.63, 3.8) is 0 Å². The van der Waals surface area contributed by atoms with E-state index < -0.39 is 0 Å². The first-order chi connectivity index (χ1) is 5.00. The minimum atomic E-state index is 0.354. The van der Waals surface area contributed by atoms with Crippen molar-refractivity contribution in [2.45, 2.75) is 44.0 Å². The molecule has 0 saturated carbocycles. The molecule has 1 saturated heterocycles. The zero-order valence-electron chi connectivity index (χ0n) is 7.73. The lowest BCUT2D eigenvalue weighted by atomic mass is 10.0. The lowest BCUT2D eigenvalue weighted by Crippen LogP contribution is -2.47. The van der Waals surface area contributed by atoms with Gasteiger partial charge in [0.1, 0.15) is 0 Å². The second kappa shape index (κ2) is 3.44. The summed E-state index contributed by atoms with van der Waals surface area (Å²) < 4.78 is 0. The summed E-state index contributed by atoms with van der Waals surface area (Å²) in [5, 5.41) is 0. The molecule has 0 aliphatic carbocycles. The Morgan fingerprint density at radius 1 is 1.36 bits per heavy atom.